The Labute approximate surface area is 127 Å². The first-order valence-corrected chi connectivity index (χ1v) is 8.31. The van der Waals surface area contributed by atoms with E-state index in [0.29, 0.717) is 12.0 Å². The highest BCUT2D eigenvalue weighted by atomic mass is 16.5. The third-order valence-electron chi connectivity index (χ3n) is 5.63. The van der Waals surface area contributed by atoms with Crippen LogP contribution in [0.5, 0.6) is 0 Å². The van der Waals surface area contributed by atoms with Crippen molar-refractivity contribution in [1.29, 1.82) is 0 Å². The van der Waals surface area contributed by atoms with Crippen molar-refractivity contribution >= 4 is 0 Å². The summed E-state index contributed by atoms with van der Waals surface area (Å²) in [4.78, 5) is 2.77. The molecule has 3 unspecified atom stereocenters. The van der Waals surface area contributed by atoms with Gasteiger partial charge >= 0.3 is 0 Å². The summed E-state index contributed by atoms with van der Waals surface area (Å²) in [6, 6.07) is 0.676. The predicted molar refractivity (Wildman–Crippen MR) is 82.4 cm³/mol. The fraction of sp³-hybridized carbons (Fsp3) is 0.824. The van der Waals surface area contributed by atoms with Gasteiger partial charge in [0.15, 0.2) is 0 Å². The van der Waals surface area contributed by atoms with Crippen LogP contribution in [0.25, 0.3) is 0 Å². The van der Waals surface area contributed by atoms with Crippen LogP contribution in [0.15, 0.2) is 6.20 Å². The van der Waals surface area contributed by atoms with E-state index >= 15 is 0 Å². The van der Waals surface area contributed by atoms with Crippen LogP contribution in [0, 0.1) is 0 Å². The standard InChI is InChI=1S/C17H27N3O/c1-16(2,3)21-11-17-6-5-7-20(17)15-8-14-13(12(15)9-17)10-19(4)18-14/h10,12,15H,5-9,11H2,1-4H3. The van der Waals surface area contributed by atoms with E-state index < -0.39 is 0 Å². The lowest BCUT2D eigenvalue weighted by molar-refractivity contribution is -0.0567. The van der Waals surface area contributed by atoms with Gasteiger partial charge in [-0.1, -0.05) is 0 Å². The van der Waals surface area contributed by atoms with Gasteiger partial charge in [0, 0.05) is 37.2 Å². The largest absolute Gasteiger partial charge is 0.374 e. The maximum Gasteiger partial charge on any atom is 0.0675 e. The fourth-order valence-corrected chi connectivity index (χ4v) is 4.81. The molecule has 116 valence electrons. The first-order valence-electron chi connectivity index (χ1n) is 8.31. The van der Waals surface area contributed by atoms with Crippen molar-refractivity contribution in [2.24, 2.45) is 7.05 Å². The van der Waals surface area contributed by atoms with E-state index in [1.807, 2.05) is 11.7 Å². The normalized spacial score (nSPS) is 35.0. The van der Waals surface area contributed by atoms with Crippen molar-refractivity contribution in [3.05, 3.63) is 17.5 Å². The highest BCUT2D eigenvalue weighted by Gasteiger charge is 2.57. The zero-order valence-electron chi connectivity index (χ0n) is 13.7. The lowest BCUT2D eigenvalue weighted by Gasteiger charge is -2.36. The second-order valence-electron chi connectivity index (χ2n) is 8.21. The average Bonchev–Trinajstić information content (AvgIpc) is 3.04. The highest BCUT2D eigenvalue weighted by molar-refractivity contribution is 5.35. The number of ether oxygens (including phenoxy) is 1. The molecule has 1 aliphatic carbocycles. The monoisotopic (exact) mass is 289 g/mol. The van der Waals surface area contributed by atoms with E-state index in [2.05, 4.69) is 37.0 Å². The van der Waals surface area contributed by atoms with Crippen molar-refractivity contribution in [3.63, 3.8) is 0 Å². The zero-order valence-corrected chi connectivity index (χ0v) is 13.7. The van der Waals surface area contributed by atoms with E-state index in [9.17, 15) is 0 Å². The second kappa shape index (κ2) is 4.32. The third kappa shape index (κ3) is 2.07. The molecule has 4 nitrogen and oxygen atoms in total. The van der Waals surface area contributed by atoms with E-state index in [-0.39, 0.29) is 11.1 Å². The van der Waals surface area contributed by atoms with Gasteiger partial charge in [0.2, 0.25) is 0 Å². The Kier molecular flexibility index (Phi) is 2.84. The number of hydrogen-bond acceptors (Lipinski definition) is 3. The van der Waals surface area contributed by atoms with Gasteiger partial charge in [-0.3, -0.25) is 9.58 Å². The van der Waals surface area contributed by atoms with Crippen LogP contribution < -0.4 is 0 Å². The maximum absolute atomic E-state index is 6.21. The van der Waals surface area contributed by atoms with Crippen LogP contribution in [0.3, 0.4) is 0 Å². The number of aromatic nitrogens is 2. The molecule has 3 atom stereocenters. The molecule has 2 saturated heterocycles. The molecule has 4 rings (SSSR count). The summed E-state index contributed by atoms with van der Waals surface area (Å²) in [7, 11) is 2.04. The van der Waals surface area contributed by atoms with Crippen LogP contribution in [-0.2, 0) is 18.2 Å². The Balaban J connectivity index is 1.60. The Morgan fingerprint density at radius 3 is 3.00 bits per heavy atom. The predicted octanol–water partition coefficient (Wildman–Crippen LogP) is 2.48. The van der Waals surface area contributed by atoms with Gasteiger partial charge in [-0.2, -0.15) is 5.10 Å². The number of rotatable bonds is 2. The minimum absolute atomic E-state index is 0.0415. The van der Waals surface area contributed by atoms with Gasteiger partial charge in [0.25, 0.3) is 0 Å². The van der Waals surface area contributed by atoms with E-state index in [0.717, 1.165) is 13.0 Å². The summed E-state index contributed by atoms with van der Waals surface area (Å²) >= 11 is 0. The lowest BCUT2D eigenvalue weighted by atomic mass is 9.88. The molecular formula is C17H27N3O. The molecule has 3 aliphatic rings. The molecular weight excluding hydrogens is 262 g/mol. The van der Waals surface area contributed by atoms with Crippen molar-refractivity contribution in [2.75, 3.05) is 13.2 Å². The van der Waals surface area contributed by atoms with Gasteiger partial charge in [0.1, 0.15) is 0 Å². The molecule has 2 aliphatic heterocycles. The molecule has 0 N–H and O–H groups in total. The molecule has 1 aromatic rings. The molecule has 0 bridgehead atoms. The summed E-state index contributed by atoms with van der Waals surface area (Å²) in [5.74, 6) is 0.678. The second-order valence-corrected chi connectivity index (χ2v) is 8.21. The Morgan fingerprint density at radius 2 is 2.24 bits per heavy atom. The van der Waals surface area contributed by atoms with Gasteiger partial charge in [-0.25, -0.2) is 0 Å². The minimum Gasteiger partial charge on any atom is -0.374 e. The van der Waals surface area contributed by atoms with Crippen LogP contribution >= 0.6 is 0 Å². The van der Waals surface area contributed by atoms with Crippen LogP contribution in [0.4, 0.5) is 0 Å². The summed E-state index contributed by atoms with van der Waals surface area (Å²) in [6.45, 7) is 8.62. The first kappa shape index (κ1) is 13.8. The van der Waals surface area contributed by atoms with Crippen molar-refractivity contribution in [1.82, 2.24) is 14.7 Å². The molecule has 0 amide bonds. The van der Waals surface area contributed by atoms with Crippen molar-refractivity contribution in [3.8, 4) is 0 Å². The Bertz CT molecular complexity index is 559. The van der Waals surface area contributed by atoms with Crippen LogP contribution in [0.2, 0.25) is 0 Å². The Morgan fingerprint density at radius 1 is 1.43 bits per heavy atom. The third-order valence-corrected chi connectivity index (χ3v) is 5.63. The number of nitrogens with zero attached hydrogens (tertiary/aromatic N) is 3. The molecule has 4 heteroatoms. The molecule has 0 aromatic carbocycles. The van der Waals surface area contributed by atoms with Gasteiger partial charge in [-0.15, -0.1) is 0 Å². The molecule has 21 heavy (non-hydrogen) atoms. The molecule has 3 heterocycles. The summed E-state index contributed by atoms with van der Waals surface area (Å²) in [5.41, 5.74) is 3.09. The summed E-state index contributed by atoms with van der Waals surface area (Å²) < 4.78 is 8.20. The maximum atomic E-state index is 6.21. The van der Waals surface area contributed by atoms with E-state index in [1.54, 1.807) is 0 Å². The molecule has 0 radical (unpaired) electrons. The summed E-state index contributed by atoms with van der Waals surface area (Å²) in [5, 5.41) is 4.65. The lowest BCUT2D eigenvalue weighted by Crippen LogP contribution is -2.47. The van der Waals surface area contributed by atoms with Gasteiger partial charge < -0.3 is 4.74 Å². The van der Waals surface area contributed by atoms with E-state index in [1.165, 1.54) is 37.1 Å². The fourth-order valence-electron chi connectivity index (χ4n) is 4.81. The van der Waals surface area contributed by atoms with Gasteiger partial charge in [-0.05, 0) is 52.1 Å². The van der Waals surface area contributed by atoms with Crippen molar-refractivity contribution < 1.29 is 4.74 Å². The van der Waals surface area contributed by atoms with Crippen LogP contribution in [0.1, 0.15) is 57.2 Å². The number of aryl methyl sites for hydroxylation is 1. The quantitative estimate of drug-likeness (QED) is 0.838. The topological polar surface area (TPSA) is 30.3 Å². The molecule has 0 spiro atoms. The smallest absolute Gasteiger partial charge is 0.0675 e. The number of fused-ring (bicyclic) bond motifs is 5. The molecule has 2 fully saturated rings. The molecule has 1 aromatic heterocycles. The minimum atomic E-state index is -0.0415. The molecule has 0 saturated carbocycles. The van der Waals surface area contributed by atoms with Crippen LogP contribution in [-0.4, -0.2) is 45.0 Å². The summed E-state index contributed by atoms with van der Waals surface area (Å²) in [6.07, 6.45) is 7.26. The van der Waals surface area contributed by atoms with Crippen molar-refractivity contribution in [2.45, 2.75) is 69.6 Å². The average molecular weight is 289 g/mol. The Hall–Kier alpha value is -0.870. The first-order chi connectivity index (χ1) is 9.88. The highest BCUT2D eigenvalue weighted by Crippen LogP contribution is 2.54. The number of hydrogen-bond donors (Lipinski definition) is 0. The van der Waals surface area contributed by atoms with E-state index in [4.69, 9.17) is 4.74 Å². The van der Waals surface area contributed by atoms with Gasteiger partial charge in [0.05, 0.1) is 17.9 Å². The SMILES string of the molecule is Cn1cc2c(n1)CC1C2CC2(COC(C)(C)C)CCCN12. The zero-order chi connectivity index (χ0) is 14.8.